The van der Waals surface area contributed by atoms with E-state index >= 15 is 0 Å². The second-order valence-electron chi connectivity index (χ2n) is 5.79. The number of hydrogen-bond donors (Lipinski definition) is 1. The second kappa shape index (κ2) is 7.53. The predicted octanol–water partition coefficient (Wildman–Crippen LogP) is 3.53. The van der Waals surface area contributed by atoms with Crippen LogP contribution in [-0.4, -0.2) is 29.1 Å². The summed E-state index contributed by atoms with van der Waals surface area (Å²) in [4.78, 5) is 16.9. The van der Waals surface area contributed by atoms with Crippen molar-refractivity contribution in [1.82, 2.24) is 14.9 Å². The van der Waals surface area contributed by atoms with Crippen LogP contribution in [0.25, 0.3) is 5.13 Å². The number of aryl methyl sites for hydroxylation is 1. The number of methoxy groups -OCH3 is 1. The highest BCUT2D eigenvalue weighted by molar-refractivity contribution is 7.12. The van der Waals surface area contributed by atoms with Crippen LogP contribution in [0.5, 0.6) is 5.75 Å². The van der Waals surface area contributed by atoms with Crippen LogP contribution in [0, 0.1) is 13.8 Å². The van der Waals surface area contributed by atoms with E-state index in [1.54, 1.807) is 24.6 Å². The van der Waals surface area contributed by atoms with Gasteiger partial charge < -0.3 is 10.1 Å². The molecule has 2 aromatic heterocycles. The van der Waals surface area contributed by atoms with Crippen LogP contribution in [-0.2, 0) is 6.42 Å². The van der Waals surface area contributed by atoms with Gasteiger partial charge in [-0.15, -0.1) is 11.3 Å². The first-order valence-electron chi connectivity index (χ1n) is 8.10. The van der Waals surface area contributed by atoms with E-state index in [2.05, 4.69) is 10.3 Å². The van der Waals surface area contributed by atoms with Crippen LogP contribution >= 0.6 is 11.3 Å². The molecule has 0 spiro atoms. The fraction of sp³-hybridized carbons (Fsp3) is 0.263. The van der Waals surface area contributed by atoms with Gasteiger partial charge in [0.1, 0.15) is 5.75 Å². The van der Waals surface area contributed by atoms with Crippen molar-refractivity contribution in [3.8, 4) is 10.9 Å². The molecule has 0 aliphatic heterocycles. The molecule has 0 saturated heterocycles. The highest BCUT2D eigenvalue weighted by atomic mass is 32.1. The van der Waals surface area contributed by atoms with Gasteiger partial charge in [-0.1, -0.05) is 12.1 Å². The number of benzene rings is 1. The maximum Gasteiger partial charge on any atom is 0.253 e. The molecular formula is C19H21N3O2S. The molecule has 6 heteroatoms. The van der Waals surface area contributed by atoms with Gasteiger partial charge in [0, 0.05) is 29.5 Å². The number of ether oxygens (including phenoxy) is 1. The molecular weight excluding hydrogens is 334 g/mol. The van der Waals surface area contributed by atoms with E-state index in [-0.39, 0.29) is 5.91 Å². The zero-order valence-corrected chi connectivity index (χ0v) is 15.4. The van der Waals surface area contributed by atoms with Crippen molar-refractivity contribution in [3.05, 3.63) is 64.4 Å². The maximum absolute atomic E-state index is 12.5. The molecule has 0 fully saturated rings. The van der Waals surface area contributed by atoms with Crippen molar-refractivity contribution in [3.63, 3.8) is 0 Å². The van der Waals surface area contributed by atoms with Crippen LogP contribution < -0.4 is 10.1 Å². The fourth-order valence-corrected chi connectivity index (χ4v) is 3.57. The maximum atomic E-state index is 12.5. The van der Waals surface area contributed by atoms with Crippen molar-refractivity contribution in [2.24, 2.45) is 0 Å². The highest BCUT2D eigenvalue weighted by Gasteiger charge is 2.17. The number of hydrogen-bond acceptors (Lipinski definition) is 4. The van der Waals surface area contributed by atoms with E-state index in [1.165, 1.54) is 0 Å². The van der Waals surface area contributed by atoms with Crippen LogP contribution in [0.4, 0.5) is 0 Å². The number of rotatable bonds is 6. The first kappa shape index (κ1) is 17.2. The lowest BCUT2D eigenvalue weighted by molar-refractivity contribution is 0.0953. The minimum Gasteiger partial charge on any atom is -0.497 e. The Kier molecular flexibility index (Phi) is 5.19. The molecule has 3 aromatic rings. The van der Waals surface area contributed by atoms with E-state index in [1.807, 2.05) is 54.1 Å². The molecule has 130 valence electrons. The van der Waals surface area contributed by atoms with Crippen molar-refractivity contribution in [2.45, 2.75) is 20.3 Å². The van der Waals surface area contributed by atoms with Gasteiger partial charge in [0.15, 0.2) is 5.13 Å². The Morgan fingerprint density at radius 3 is 2.68 bits per heavy atom. The van der Waals surface area contributed by atoms with Gasteiger partial charge in [-0.05, 0) is 44.0 Å². The first-order valence-corrected chi connectivity index (χ1v) is 8.98. The van der Waals surface area contributed by atoms with Crippen molar-refractivity contribution < 1.29 is 9.53 Å². The summed E-state index contributed by atoms with van der Waals surface area (Å²) < 4.78 is 7.17. The van der Waals surface area contributed by atoms with Crippen LogP contribution in [0.15, 0.2) is 41.9 Å². The van der Waals surface area contributed by atoms with Crippen molar-refractivity contribution in [2.75, 3.05) is 13.7 Å². The number of nitrogens with one attached hydrogen (secondary N) is 1. The number of nitrogens with zero attached hydrogens (tertiary/aromatic N) is 2. The lowest BCUT2D eigenvalue weighted by atomic mass is 10.1. The third kappa shape index (κ3) is 3.74. The molecule has 3 rings (SSSR count). The average molecular weight is 355 g/mol. The Labute approximate surface area is 151 Å². The van der Waals surface area contributed by atoms with E-state index in [4.69, 9.17) is 4.74 Å². The largest absolute Gasteiger partial charge is 0.497 e. The number of amides is 1. The summed E-state index contributed by atoms with van der Waals surface area (Å²) in [6.07, 6.45) is 2.55. The quantitative estimate of drug-likeness (QED) is 0.736. The summed E-state index contributed by atoms with van der Waals surface area (Å²) in [5.41, 5.74) is 3.78. The number of aromatic nitrogens is 2. The van der Waals surface area contributed by atoms with Gasteiger partial charge in [-0.2, -0.15) is 0 Å². The number of carbonyl (C=O) groups is 1. The standard InChI is InChI=1S/C19H21N3O2S/c1-13-12-17(14(2)22(13)19-21-10-11-25-19)18(23)20-9-8-15-4-6-16(24-3)7-5-15/h4-7,10-12H,8-9H2,1-3H3,(H,20,23). The van der Waals surface area contributed by atoms with Crippen molar-refractivity contribution in [1.29, 1.82) is 0 Å². The zero-order chi connectivity index (χ0) is 17.8. The zero-order valence-electron chi connectivity index (χ0n) is 14.6. The van der Waals surface area contributed by atoms with Gasteiger partial charge in [0.2, 0.25) is 0 Å². The SMILES string of the molecule is COc1ccc(CCNC(=O)c2cc(C)n(-c3nccs3)c2C)cc1. The minimum absolute atomic E-state index is 0.0515. The molecule has 1 aromatic carbocycles. The second-order valence-corrected chi connectivity index (χ2v) is 6.66. The smallest absolute Gasteiger partial charge is 0.253 e. The molecule has 0 unspecified atom stereocenters. The number of thiazole rings is 1. The summed E-state index contributed by atoms with van der Waals surface area (Å²) in [6, 6.07) is 9.80. The summed E-state index contributed by atoms with van der Waals surface area (Å²) >= 11 is 1.56. The molecule has 2 heterocycles. The molecule has 1 amide bonds. The lowest BCUT2D eigenvalue weighted by Gasteiger charge is -2.07. The fourth-order valence-electron chi connectivity index (χ4n) is 2.82. The van der Waals surface area contributed by atoms with E-state index in [0.717, 1.165) is 34.3 Å². The average Bonchev–Trinajstić information content (AvgIpc) is 3.23. The van der Waals surface area contributed by atoms with Gasteiger partial charge >= 0.3 is 0 Å². The van der Waals surface area contributed by atoms with E-state index in [0.29, 0.717) is 12.1 Å². The summed E-state index contributed by atoms with van der Waals surface area (Å²) in [6.45, 7) is 4.53. The molecule has 0 radical (unpaired) electrons. The third-order valence-electron chi connectivity index (χ3n) is 4.14. The van der Waals surface area contributed by atoms with Crippen LogP contribution in [0.3, 0.4) is 0 Å². The Morgan fingerprint density at radius 1 is 1.28 bits per heavy atom. The Morgan fingerprint density at radius 2 is 2.04 bits per heavy atom. The first-order chi connectivity index (χ1) is 12.1. The molecule has 0 aliphatic rings. The van der Waals surface area contributed by atoms with Gasteiger partial charge in [0.05, 0.1) is 12.7 Å². The van der Waals surface area contributed by atoms with Gasteiger partial charge in [-0.3, -0.25) is 9.36 Å². The summed E-state index contributed by atoms with van der Waals surface area (Å²) in [7, 11) is 1.65. The lowest BCUT2D eigenvalue weighted by Crippen LogP contribution is -2.26. The Hall–Kier alpha value is -2.60. The monoisotopic (exact) mass is 355 g/mol. The highest BCUT2D eigenvalue weighted by Crippen LogP contribution is 2.22. The van der Waals surface area contributed by atoms with Crippen LogP contribution in [0.2, 0.25) is 0 Å². The van der Waals surface area contributed by atoms with Gasteiger partial charge in [-0.25, -0.2) is 4.98 Å². The molecule has 0 aliphatic carbocycles. The summed E-state index contributed by atoms with van der Waals surface area (Å²) in [5.74, 6) is 0.784. The third-order valence-corrected chi connectivity index (χ3v) is 4.90. The Bertz CT molecular complexity index is 852. The summed E-state index contributed by atoms with van der Waals surface area (Å²) in [5, 5.41) is 5.82. The van der Waals surface area contributed by atoms with E-state index < -0.39 is 0 Å². The molecule has 0 bridgehead atoms. The van der Waals surface area contributed by atoms with Gasteiger partial charge in [0.25, 0.3) is 5.91 Å². The Balaban J connectivity index is 1.64. The minimum atomic E-state index is -0.0515. The molecule has 0 atom stereocenters. The predicted molar refractivity (Wildman–Crippen MR) is 99.9 cm³/mol. The van der Waals surface area contributed by atoms with E-state index in [9.17, 15) is 4.79 Å². The number of carbonyl (C=O) groups excluding carboxylic acids is 1. The van der Waals surface area contributed by atoms with Crippen molar-refractivity contribution >= 4 is 17.2 Å². The molecule has 5 nitrogen and oxygen atoms in total. The molecule has 25 heavy (non-hydrogen) atoms. The molecule has 0 saturated carbocycles. The normalized spacial score (nSPS) is 10.7. The molecule has 1 N–H and O–H groups in total. The topological polar surface area (TPSA) is 56.1 Å². The van der Waals surface area contributed by atoms with Crippen LogP contribution in [0.1, 0.15) is 27.3 Å².